The van der Waals surface area contributed by atoms with E-state index < -0.39 is 0 Å². The van der Waals surface area contributed by atoms with Crippen molar-refractivity contribution in [2.75, 3.05) is 32.1 Å². The van der Waals surface area contributed by atoms with Crippen molar-refractivity contribution < 1.29 is 14.3 Å². The third kappa shape index (κ3) is 6.50. The van der Waals surface area contributed by atoms with Crippen molar-refractivity contribution in [3.05, 3.63) is 60.2 Å². The molecule has 0 radical (unpaired) electrons. The molecule has 2 rings (SSSR count). The summed E-state index contributed by atoms with van der Waals surface area (Å²) < 4.78 is 11.2. The van der Waals surface area contributed by atoms with Crippen molar-refractivity contribution in [3.8, 4) is 5.75 Å². The van der Waals surface area contributed by atoms with Crippen LogP contribution in [0.1, 0.15) is 5.56 Å². The Bertz CT molecular complexity index is 602. The van der Waals surface area contributed by atoms with E-state index >= 15 is 0 Å². The summed E-state index contributed by atoms with van der Waals surface area (Å²) in [7, 11) is 1.74. The number of likely N-dealkylation sites (N-methyl/N-ethyl adjacent to an activating group) is 1. The lowest BCUT2D eigenvalue weighted by molar-refractivity contribution is -0.115. The van der Waals surface area contributed by atoms with Crippen LogP contribution in [0.4, 0.5) is 5.69 Å². The van der Waals surface area contributed by atoms with E-state index in [0.29, 0.717) is 19.8 Å². The van der Waals surface area contributed by atoms with Crippen LogP contribution in [-0.4, -0.2) is 32.7 Å². The lowest BCUT2D eigenvalue weighted by atomic mass is 10.2. The first kappa shape index (κ1) is 17.0. The molecule has 0 spiro atoms. The second-order valence-corrected chi connectivity index (χ2v) is 4.99. The van der Waals surface area contributed by atoms with Crippen LogP contribution in [-0.2, 0) is 16.1 Å². The zero-order valence-electron chi connectivity index (χ0n) is 13.2. The highest BCUT2D eigenvalue weighted by molar-refractivity contribution is 5.92. The second kappa shape index (κ2) is 9.61. The predicted octanol–water partition coefficient (Wildman–Crippen LogP) is 2.44. The summed E-state index contributed by atoms with van der Waals surface area (Å²) in [6.45, 7) is 1.78. The molecule has 2 aromatic carbocycles. The Hall–Kier alpha value is -2.37. The standard InChI is InChI=1S/C18H22N2O3/c1-19-13-18(21)20-16-7-5-6-15(12-16)14-22-10-11-23-17-8-3-2-4-9-17/h2-9,12,19H,10-11,13-14H2,1H3,(H,20,21). The SMILES string of the molecule is CNCC(=O)Nc1cccc(COCCOc2ccccc2)c1. The van der Waals surface area contributed by atoms with Gasteiger partial charge in [-0.1, -0.05) is 30.3 Å². The quantitative estimate of drug-likeness (QED) is 0.698. The molecule has 2 N–H and O–H groups in total. The van der Waals surface area contributed by atoms with Gasteiger partial charge in [-0.2, -0.15) is 0 Å². The molecular weight excluding hydrogens is 292 g/mol. The van der Waals surface area contributed by atoms with E-state index in [1.807, 2.05) is 54.6 Å². The highest BCUT2D eigenvalue weighted by Gasteiger charge is 2.02. The number of para-hydroxylation sites is 1. The second-order valence-electron chi connectivity index (χ2n) is 4.99. The number of benzene rings is 2. The smallest absolute Gasteiger partial charge is 0.238 e. The van der Waals surface area contributed by atoms with Crippen LogP contribution >= 0.6 is 0 Å². The average molecular weight is 314 g/mol. The highest BCUT2D eigenvalue weighted by Crippen LogP contribution is 2.12. The number of ether oxygens (including phenoxy) is 2. The zero-order chi connectivity index (χ0) is 16.3. The molecule has 122 valence electrons. The predicted molar refractivity (Wildman–Crippen MR) is 90.6 cm³/mol. The van der Waals surface area contributed by atoms with Gasteiger partial charge in [-0.3, -0.25) is 4.79 Å². The Balaban J connectivity index is 1.70. The molecule has 0 unspecified atom stereocenters. The number of carbonyl (C=O) groups excluding carboxylic acids is 1. The van der Waals surface area contributed by atoms with Crippen molar-refractivity contribution in [2.45, 2.75) is 6.61 Å². The topological polar surface area (TPSA) is 59.6 Å². The van der Waals surface area contributed by atoms with Crippen molar-refractivity contribution >= 4 is 11.6 Å². The molecule has 0 aliphatic heterocycles. The van der Waals surface area contributed by atoms with Crippen molar-refractivity contribution in [3.63, 3.8) is 0 Å². The van der Waals surface area contributed by atoms with Gasteiger partial charge in [0.25, 0.3) is 0 Å². The third-order valence-electron chi connectivity index (χ3n) is 3.06. The number of carbonyl (C=O) groups is 1. The number of hydrogen-bond donors (Lipinski definition) is 2. The third-order valence-corrected chi connectivity index (χ3v) is 3.06. The maximum atomic E-state index is 11.5. The zero-order valence-corrected chi connectivity index (χ0v) is 13.2. The van der Waals surface area contributed by atoms with E-state index in [-0.39, 0.29) is 12.5 Å². The van der Waals surface area contributed by atoms with Crippen LogP contribution in [0.2, 0.25) is 0 Å². The molecule has 1 amide bonds. The fourth-order valence-electron chi connectivity index (χ4n) is 2.03. The Morgan fingerprint density at radius 1 is 1.04 bits per heavy atom. The van der Waals surface area contributed by atoms with Crippen LogP contribution in [0.3, 0.4) is 0 Å². The van der Waals surface area contributed by atoms with E-state index in [1.54, 1.807) is 7.05 Å². The molecule has 0 aliphatic rings. The van der Waals surface area contributed by atoms with Gasteiger partial charge in [0.05, 0.1) is 19.8 Å². The minimum absolute atomic E-state index is 0.0678. The molecule has 0 fully saturated rings. The largest absolute Gasteiger partial charge is 0.491 e. The van der Waals surface area contributed by atoms with E-state index in [9.17, 15) is 4.79 Å². The van der Waals surface area contributed by atoms with Gasteiger partial charge in [0.2, 0.25) is 5.91 Å². The Labute approximate surface area is 136 Å². The number of nitrogens with one attached hydrogen (secondary N) is 2. The molecular formula is C18H22N2O3. The van der Waals surface area contributed by atoms with E-state index in [4.69, 9.17) is 9.47 Å². The first-order chi connectivity index (χ1) is 11.3. The molecule has 23 heavy (non-hydrogen) atoms. The normalized spacial score (nSPS) is 10.3. The van der Waals surface area contributed by atoms with Crippen LogP contribution in [0.5, 0.6) is 5.75 Å². The summed E-state index contributed by atoms with van der Waals surface area (Å²) in [6.07, 6.45) is 0. The molecule has 5 nitrogen and oxygen atoms in total. The highest BCUT2D eigenvalue weighted by atomic mass is 16.5. The Morgan fingerprint density at radius 3 is 2.65 bits per heavy atom. The lowest BCUT2D eigenvalue weighted by Crippen LogP contribution is -2.25. The molecule has 5 heteroatoms. The van der Waals surface area contributed by atoms with Gasteiger partial charge >= 0.3 is 0 Å². The van der Waals surface area contributed by atoms with Crippen LogP contribution in [0.25, 0.3) is 0 Å². The van der Waals surface area contributed by atoms with E-state index in [2.05, 4.69) is 10.6 Å². The van der Waals surface area contributed by atoms with Crippen molar-refractivity contribution in [1.82, 2.24) is 5.32 Å². The minimum Gasteiger partial charge on any atom is -0.491 e. The van der Waals surface area contributed by atoms with Crippen molar-refractivity contribution in [2.24, 2.45) is 0 Å². The number of amides is 1. The molecule has 0 saturated heterocycles. The van der Waals surface area contributed by atoms with Crippen LogP contribution < -0.4 is 15.4 Å². The molecule has 0 bridgehead atoms. The van der Waals surface area contributed by atoms with Gasteiger partial charge in [0.15, 0.2) is 0 Å². The molecule has 0 aliphatic carbocycles. The first-order valence-electron chi connectivity index (χ1n) is 7.57. The fourth-order valence-corrected chi connectivity index (χ4v) is 2.03. The molecule has 0 aromatic heterocycles. The van der Waals surface area contributed by atoms with Gasteiger partial charge in [0, 0.05) is 5.69 Å². The maximum absolute atomic E-state index is 11.5. The summed E-state index contributed by atoms with van der Waals surface area (Å²) in [4.78, 5) is 11.5. The Morgan fingerprint density at radius 2 is 1.87 bits per heavy atom. The molecule has 0 heterocycles. The number of rotatable bonds is 9. The first-order valence-corrected chi connectivity index (χ1v) is 7.57. The lowest BCUT2D eigenvalue weighted by Gasteiger charge is -2.09. The number of hydrogen-bond acceptors (Lipinski definition) is 4. The maximum Gasteiger partial charge on any atom is 0.238 e. The van der Waals surface area contributed by atoms with Crippen LogP contribution in [0, 0.1) is 0 Å². The van der Waals surface area contributed by atoms with Gasteiger partial charge in [-0.25, -0.2) is 0 Å². The van der Waals surface area contributed by atoms with Gasteiger partial charge in [-0.15, -0.1) is 0 Å². The summed E-state index contributed by atoms with van der Waals surface area (Å²) in [5, 5.41) is 5.64. The van der Waals surface area contributed by atoms with Gasteiger partial charge < -0.3 is 20.1 Å². The summed E-state index contributed by atoms with van der Waals surface area (Å²) >= 11 is 0. The Kier molecular flexibility index (Phi) is 7.10. The van der Waals surface area contributed by atoms with Crippen molar-refractivity contribution in [1.29, 1.82) is 0 Å². The summed E-state index contributed by atoms with van der Waals surface area (Å²) in [6, 6.07) is 17.3. The van der Waals surface area contributed by atoms with E-state index in [0.717, 1.165) is 17.0 Å². The average Bonchev–Trinajstić information content (AvgIpc) is 2.56. The molecule has 2 aromatic rings. The fraction of sp³-hybridized carbons (Fsp3) is 0.278. The minimum atomic E-state index is -0.0678. The van der Waals surface area contributed by atoms with Gasteiger partial charge in [0.1, 0.15) is 12.4 Å². The molecule has 0 atom stereocenters. The molecule has 0 saturated carbocycles. The van der Waals surface area contributed by atoms with Gasteiger partial charge in [-0.05, 0) is 36.9 Å². The monoisotopic (exact) mass is 314 g/mol. The van der Waals surface area contributed by atoms with Crippen LogP contribution in [0.15, 0.2) is 54.6 Å². The van der Waals surface area contributed by atoms with E-state index in [1.165, 1.54) is 0 Å². The summed E-state index contributed by atoms with van der Waals surface area (Å²) in [5.74, 6) is 0.771. The summed E-state index contributed by atoms with van der Waals surface area (Å²) in [5.41, 5.74) is 1.78. The number of anilines is 1.